The molecule has 8 heteroatoms. The molecule has 1 aliphatic heterocycles. The third-order valence-electron chi connectivity index (χ3n) is 2.58. The zero-order chi connectivity index (χ0) is 15.3. The van der Waals surface area contributed by atoms with Gasteiger partial charge in [-0.3, -0.25) is 0 Å². The first-order valence-electron chi connectivity index (χ1n) is 5.91. The summed E-state index contributed by atoms with van der Waals surface area (Å²) in [5.74, 6) is 0. The molecule has 3 rings (SSSR count). The first-order chi connectivity index (χ1) is 9.93. The van der Waals surface area contributed by atoms with Gasteiger partial charge in [-0.05, 0) is 0 Å². The van der Waals surface area contributed by atoms with Crippen molar-refractivity contribution < 1.29 is 38.4 Å². The fourth-order valence-electron chi connectivity index (χ4n) is 1.76. The van der Waals surface area contributed by atoms with E-state index in [0.29, 0.717) is 15.0 Å². The van der Waals surface area contributed by atoms with Crippen LogP contribution >= 0.6 is 0 Å². The van der Waals surface area contributed by atoms with Crippen LogP contribution in [0, 0.1) is 10.2 Å². The fraction of sp³-hybridized carbons (Fsp3) is 0.154. The second-order valence-electron chi connectivity index (χ2n) is 4.06. The number of hydrogen-bond donors (Lipinski definition) is 0. The minimum atomic E-state index is -4.94. The van der Waals surface area contributed by atoms with E-state index in [-0.39, 0.29) is 6.10 Å². The number of pyridine rings is 1. The number of benzene rings is 1. The summed E-state index contributed by atoms with van der Waals surface area (Å²) in [6.45, 7) is 0. The van der Waals surface area contributed by atoms with Crippen LogP contribution in [0.4, 0.5) is 0 Å². The number of fused-ring (bicyclic) bond motifs is 1. The molecule has 21 heavy (non-hydrogen) atoms. The molecule has 1 aromatic carbocycles. The Balaban J connectivity index is 0.000000282. The van der Waals surface area contributed by atoms with Gasteiger partial charge in [0.15, 0.2) is 0 Å². The van der Waals surface area contributed by atoms with Crippen molar-refractivity contribution in [3.8, 4) is 0 Å². The molecule has 2 aromatic rings. The van der Waals surface area contributed by atoms with Gasteiger partial charge in [0.25, 0.3) is 0 Å². The summed E-state index contributed by atoms with van der Waals surface area (Å²) in [6.07, 6.45) is 2.20. The molecule has 2 heterocycles. The fourth-order valence-corrected chi connectivity index (χ4v) is 3.82. The van der Waals surface area contributed by atoms with Crippen molar-refractivity contribution in [3.63, 3.8) is 0 Å². The zero-order valence-corrected chi connectivity index (χ0v) is 13.2. The van der Waals surface area contributed by atoms with Crippen LogP contribution < -0.4 is 32.8 Å². The summed E-state index contributed by atoms with van der Waals surface area (Å²) in [4.78, 5) is 5.95. The van der Waals surface area contributed by atoms with Crippen molar-refractivity contribution in [2.24, 2.45) is 0 Å². The van der Waals surface area contributed by atoms with Gasteiger partial charge in [-0.25, -0.2) is 18.6 Å². The molecular weight excluding hydrogens is 365 g/mol. The molecular formula is C13H12ClNO5Se. The van der Waals surface area contributed by atoms with Crippen molar-refractivity contribution in [2.45, 2.75) is 11.4 Å². The molecule has 6 nitrogen and oxygen atoms in total. The van der Waals surface area contributed by atoms with Crippen LogP contribution in [-0.2, 0) is 0 Å². The Hall–Kier alpha value is -1.18. The molecule has 0 bridgehead atoms. The quantitative estimate of drug-likeness (QED) is 0.374. The summed E-state index contributed by atoms with van der Waals surface area (Å²) < 4.78 is 37.2. The van der Waals surface area contributed by atoms with E-state index in [1.807, 2.05) is 23.1 Å². The topological polar surface area (TPSA) is 105 Å². The van der Waals surface area contributed by atoms with E-state index in [0.717, 1.165) is 5.32 Å². The standard InChI is InChI=1S/C13H12NOSe.ClHO4/c1-2-6-11(7-3-1)12-10-16-13-8-4-5-9-14(13)15-12;2-1(3,4)5/h1-9,12H,10H2;(H,2,3,4,5)/q+1;/p-1. The van der Waals surface area contributed by atoms with E-state index in [4.69, 9.17) is 23.5 Å². The molecule has 0 N–H and O–H groups in total. The van der Waals surface area contributed by atoms with E-state index in [9.17, 15) is 0 Å². The second-order valence-corrected chi connectivity index (χ2v) is 7.00. The third kappa shape index (κ3) is 5.61. The Labute approximate surface area is 130 Å². The van der Waals surface area contributed by atoms with Crippen LogP contribution in [0.5, 0.6) is 0 Å². The second kappa shape index (κ2) is 7.19. The zero-order valence-electron chi connectivity index (χ0n) is 10.8. The van der Waals surface area contributed by atoms with Crippen molar-refractivity contribution in [3.05, 3.63) is 60.3 Å². The Morgan fingerprint density at radius 3 is 2.29 bits per heavy atom. The summed E-state index contributed by atoms with van der Waals surface area (Å²) >= 11 is 0.500. The summed E-state index contributed by atoms with van der Waals surface area (Å²) in [5.41, 5.74) is 1.27. The predicted octanol–water partition coefficient (Wildman–Crippen LogP) is -3.85. The van der Waals surface area contributed by atoms with Gasteiger partial charge in [-0.2, -0.15) is 0 Å². The van der Waals surface area contributed by atoms with Gasteiger partial charge >= 0.3 is 101 Å². The Morgan fingerprint density at radius 1 is 1.00 bits per heavy atom. The van der Waals surface area contributed by atoms with E-state index >= 15 is 0 Å². The van der Waals surface area contributed by atoms with Crippen molar-refractivity contribution in [1.29, 1.82) is 0 Å². The number of rotatable bonds is 1. The molecule has 1 aliphatic rings. The van der Waals surface area contributed by atoms with Crippen LogP contribution in [0.3, 0.4) is 0 Å². The van der Waals surface area contributed by atoms with Gasteiger partial charge in [0.2, 0.25) is 0 Å². The monoisotopic (exact) mass is 377 g/mol. The minimum absolute atomic E-state index is 0.209. The van der Waals surface area contributed by atoms with E-state index in [1.165, 1.54) is 10.2 Å². The van der Waals surface area contributed by atoms with E-state index < -0.39 is 10.2 Å². The summed E-state index contributed by atoms with van der Waals surface area (Å²) in [5, 5.41) is 1.11. The molecule has 0 radical (unpaired) electrons. The first kappa shape index (κ1) is 16.2. The summed E-state index contributed by atoms with van der Waals surface area (Å²) in [6, 6.07) is 16.7. The number of halogens is 1. The van der Waals surface area contributed by atoms with Gasteiger partial charge < -0.3 is 0 Å². The molecule has 112 valence electrons. The number of nitrogens with zero attached hydrogens (tertiary/aromatic N) is 1. The van der Waals surface area contributed by atoms with Gasteiger partial charge in [0.05, 0.1) is 0 Å². The first-order valence-corrected chi connectivity index (χ1v) is 9.21. The molecule has 0 fully saturated rings. The average molecular weight is 377 g/mol. The van der Waals surface area contributed by atoms with Gasteiger partial charge in [-0.1, -0.05) is 0 Å². The molecule has 1 unspecified atom stereocenters. The SMILES string of the molecule is [O-][Cl+3]([O-])([O-])[O-].c1ccc(C2C[Se]c3cccc[n+]3O2)cc1. The summed E-state index contributed by atoms with van der Waals surface area (Å²) in [7, 11) is -4.94. The van der Waals surface area contributed by atoms with Crippen molar-refractivity contribution in [2.75, 3.05) is 0 Å². The normalized spacial score (nSPS) is 17.0. The molecule has 0 amide bonds. The molecule has 0 aliphatic carbocycles. The van der Waals surface area contributed by atoms with E-state index in [1.54, 1.807) is 0 Å². The molecule has 1 atom stereocenters. The molecule has 0 spiro atoms. The maximum absolute atomic E-state index is 8.49. The van der Waals surface area contributed by atoms with E-state index in [2.05, 4.69) is 36.4 Å². The van der Waals surface area contributed by atoms with Gasteiger partial charge in [0.1, 0.15) is 0 Å². The number of aromatic nitrogens is 1. The van der Waals surface area contributed by atoms with Crippen LogP contribution in [0.25, 0.3) is 0 Å². The molecule has 0 saturated heterocycles. The van der Waals surface area contributed by atoms with Crippen LogP contribution in [0.1, 0.15) is 11.7 Å². The Morgan fingerprint density at radius 2 is 1.62 bits per heavy atom. The molecule has 0 saturated carbocycles. The average Bonchev–Trinajstić information content (AvgIpc) is 2.46. The van der Waals surface area contributed by atoms with Crippen molar-refractivity contribution in [1.82, 2.24) is 0 Å². The third-order valence-corrected chi connectivity index (χ3v) is 4.85. The Bertz CT molecular complexity index is 572. The van der Waals surface area contributed by atoms with Crippen LogP contribution in [0.2, 0.25) is 5.32 Å². The van der Waals surface area contributed by atoms with Gasteiger partial charge in [-0.15, -0.1) is 10.2 Å². The predicted molar refractivity (Wildman–Crippen MR) is 62.6 cm³/mol. The maximum atomic E-state index is 8.49. The van der Waals surface area contributed by atoms with Crippen molar-refractivity contribution >= 4 is 19.5 Å². The molecule has 1 aromatic heterocycles. The number of hydrogen-bond acceptors (Lipinski definition) is 5. The van der Waals surface area contributed by atoms with Crippen LogP contribution in [0.15, 0.2) is 54.7 Å². The Kier molecular flexibility index (Phi) is 5.55. The van der Waals surface area contributed by atoms with Gasteiger partial charge in [0, 0.05) is 0 Å². The van der Waals surface area contributed by atoms with Crippen LogP contribution in [-0.4, -0.2) is 15.0 Å².